The minimum Gasteiger partial charge on any atom is -0.493 e. The highest BCUT2D eigenvalue weighted by molar-refractivity contribution is 5.99. The van der Waals surface area contributed by atoms with Gasteiger partial charge in [0.25, 0.3) is 0 Å². The number of carbonyl (C=O) groups excluding carboxylic acids is 1. The van der Waals surface area contributed by atoms with Crippen molar-refractivity contribution in [3.63, 3.8) is 0 Å². The van der Waals surface area contributed by atoms with Gasteiger partial charge in [0.1, 0.15) is 24.0 Å². The number of esters is 1. The first-order valence-electron chi connectivity index (χ1n) is 27.5. The first kappa shape index (κ1) is 56.1. The van der Waals surface area contributed by atoms with E-state index in [2.05, 4.69) is 38.1 Å². The Morgan fingerprint density at radius 3 is 1.49 bits per heavy atom. The van der Waals surface area contributed by atoms with Gasteiger partial charge >= 0.3 is 5.97 Å². The van der Waals surface area contributed by atoms with E-state index in [0.717, 1.165) is 79.2 Å². The number of ether oxygens (including phenoxy) is 5. The van der Waals surface area contributed by atoms with Crippen molar-refractivity contribution < 1.29 is 38.3 Å². The number of hydrogen-bond acceptors (Lipinski definition) is 10. The van der Waals surface area contributed by atoms with Crippen LogP contribution in [-0.4, -0.2) is 40.0 Å². The molecule has 0 radical (unpaired) electrons. The zero-order valence-corrected chi connectivity index (χ0v) is 44.3. The van der Waals surface area contributed by atoms with E-state index in [9.17, 15) is 15.3 Å². The van der Waals surface area contributed by atoms with E-state index >= 15 is 0 Å². The fraction of sp³-hybridized carbons (Fsp3) is 0.508. The molecular formula is C63H80N2O8. The molecule has 0 N–H and O–H groups in total. The minimum atomic E-state index is -0.746. The van der Waals surface area contributed by atoms with Crippen molar-refractivity contribution in [2.45, 2.75) is 173 Å². The maximum atomic E-state index is 13.9. The van der Waals surface area contributed by atoms with Gasteiger partial charge in [-0.15, -0.1) is 0 Å². The molecule has 4 aromatic rings. The maximum absolute atomic E-state index is 13.9. The summed E-state index contributed by atoms with van der Waals surface area (Å²) in [6.45, 7) is 5.64. The number of rotatable bonds is 34. The Morgan fingerprint density at radius 2 is 1.01 bits per heavy atom. The zero-order chi connectivity index (χ0) is 51.5. The molecule has 0 aliphatic heterocycles. The molecule has 0 amide bonds. The van der Waals surface area contributed by atoms with Crippen LogP contribution in [0.15, 0.2) is 83.9 Å². The molecule has 2 aliphatic carbocycles. The van der Waals surface area contributed by atoms with E-state index in [1.807, 2.05) is 48.5 Å². The molecule has 0 saturated heterocycles. The van der Waals surface area contributed by atoms with Crippen LogP contribution in [0.3, 0.4) is 0 Å². The van der Waals surface area contributed by atoms with Crippen LogP contribution >= 0.6 is 0 Å². The second kappa shape index (κ2) is 30.7. The van der Waals surface area contributed by atoms with E-state index in [1.165, 1.54) is 109 Å². The number of aryl methyl sites for hydroxylation is 2. The molecule has 1 spiro atoms. The van der Waals surface area contributed by atoms with Gasteiger partial charge in [-0.1, -0.05) is 166 Å². The minimum absolute atomic E-state index is 0.0871. The van der Waals surface area contributed by atoms with Crippen molar-refractivity contribution in [1.29, 1.82) is 10.5 Å². The smallest absolute Gasteiger partial charge is 0.354 e. The van der Waals surface area contributed by atoms with Gasteiger partial charge in [-0.25, -0.2) is 4.79 Å². The normalized spacial score (nSPS) is 14.8. The molecule has 10 heteroatoms. The molecule has 0 heterocycles. The summed E-state index contributed by atoms with van der Waals surface area (Å²) in [6, 6.07) is 27.1. The average molecular weight is 993 g/mol. The molecular weight excluding hydrogens is 913 g/mol. The predicted octanol–water partition coefficient (Wildman–Crippen LogP) is 15.9. The van der Waals surface area contributed by atoms with Crippen molar-refractivity contribution in [1.82, 2.24) is 0 Å². The van der Waals surface area contributed by atoms with Gasteiger partial charge in [-0.05, 0) is 109 Å². The fourth-order valence-corrected chi connectivity index (χ4v) is 10.5. The highest BCUT2D eigenvalue weighted by Crippen LogP contribution is 2.57. The summed E-state index contributed by atoms with van der Waals surface area (Å²) < 4.78 is 29.7. The molecule has 6 rings (SSSR count). The summed E-state index contributed by atoms with van der Waals surface area (Å²) in [5.41, 5.74) is 5.21. The summed E-state index contributed by atoms with van der Waals surface area (Å²) in [4.78, 5) is 25.8. The lowest BCUT2D eigenvalue weighted by atomic mass is 9.76. The second-order valence-corrected chi connectivity index (χ2v) is 19.7. The number of nitriles is 2. The molecule has 4 aromatic carbocycles. The third-order valence-corrected chi connectivity index (χ3v) is 14.4. The van der Waals surface area contributed by atoms with E-state index in [4.69, 9.17) is 33.5 Å². The van der Waals surface area contributed by atoms with Crippen LogP contribution in [0.5, 0.6) is 34.5 Å². The predicted molar refractivity (Wildman–Crippen MR) is 290 cm³/mol. The van der Waals surface area contributed by atoms with Crippen LogP contribution in [-0.2, 0) is 27.9 Å². The number of unbranched alkanes of at least 4 members (excludes halogenated alkanes) is 18. The number of benzene rings is 4. The number of carbonyl (C=O) groups is 1. The van der Waals surface area contributed by atoms with E-state index in [1.54, 1.807) is 32.4 Å². The Bertz CT molecular complexity index is 2510. The summed E-state index contributed by atoms with van der Waals surface area (Å²) in [5.74, 6) is 2.65. The van der Waals surface area contributed by atoms with Gasteiger partial charge in [0.15, 0.2) is 28.7 Å². The van der Waals surface area contributed by atoms with Gasteiger partial charge in [-0.2, -0.15) is 15.4 Å². The van der Waals surface area contributed by atoms with Gasteiger partial charge in [0.2, 0.25) is 0 Å². The summed E-state index contributed by atoms with van der Waals surface area (Å²) >= 11 is 0. The largest absolute Gasteiger partial charge is 0.493 e. The molecule has 0 aromatic heterocycles. The Morgan fingerprint density at radius 1 is 0.548 bits per heavy atom. The molecule has 0 saturated carbocycles. The number of hydrogen-bond donors (Lipinski definition) is 0. The monoisotopic (exact) mass is 993 g/mol. The average Bonchev–Trinajstić information content (AvgIpc) is 3.99. The maximum Gasteiger partial charge on any atom is 0.354 e. The lowest BCUT2D eigenvalue weighted by Crippen LogP contribution is -2.24. The lowest BCUT2D eigenvalue weighted by Gasteiger charge is -2.29. The van der Waals surface area contributed by atoms with E-state index in [0.29, 0.717) is 58.8 Å². The van der Waals surface area contributed by atoms with E-state index in [-0.39, 0.29) is 12.2 Å². The molecule has 0 fully saturated rings. The van der Waals surface area contributed by atoms with Crippen LogP contribution < -0.4 is 28.6 Å². The zero-order valence-electron chi connectivity index (χ0n) is 44.3. The highest BCUT2D eigenvalue weighted by Gasteiger charge is 2.49. The fourth-order valence-electron chi connectivity index (χ4n) is 10.5. The van der Waals surface area contributed by atoms with Crippen molar-refractivity contribution in [3.8, 4) is 46.6 Å². The molecule has 10 nitrogen and oxygen atoms in total. The first-order valence-corrected chi connectivity index (χ1v) is 27.5. The van der Waals surface area contributed by atoms with Gasteiger partial charge in [0.05, 0.1) is 39.1 Å². The molecule has 0 bridgehead atoms. The summed E-state index contributed by atoms with van der Waals surface area (Å²) in [5, 5.41) is 20.4. The van der Waals surface area contributed by atoms with Crippen molar-refractivity contribution in [2.75, 3.05) is 34.0 Å². The lowest BCUT2D eigenvalue weighted by molar-refractivity contribution is -0.197. The van der Waals surface area contributed by atoms with E-state index < -0.39 is 11.4 Å². The number of methoxy groups -OCH3 is 2. The summed E-state index contributed by atoms with van der Waals surface area (Å²) in [6.07, 6.45) is 31.6. The third-order valence-electron chi connectivity index (χ3n) is 14.4. The number of fused-ring (bicyclic) bond motifs is 4. The first-order chi connectivity index (χ1) is 35.9. The Kier molecular flexibility index (Phi) is 23.6. The van der Waals surface area contributed by atoms with Crippen LogP contribution in [0.4, 0.5) is 0 Å². The molecule has 73 heavy (non-hydrogen) atoms. The standard InChI is InChI=1S/C63H80N2O8/c1-5-7-9-11-13-15-17-19-21-23-39-69-54-33-31-48(43-58(54)67-3)41-50(45-64)47-71-73-57-30-26-28-52-36-38-63(61(52)57)37-35-51-27-25-29-56(60(51)63)72-62(66)53(46-65)42-49-32-34-55(59(44-49)68-4)70-40-24-22-20-18-16-14-12-10-8-6-2/h25-34,41-44H,5-24,35-40,47H2,1-4H3/b50-41+,53-42+. The molecule has 390 valence electrons. The van der Waals surface area contributed by atoms with Crippen molar-refractivity contribution in [2.24, 2.45) is 0 Å². The molecule has 1 atom stereocenters. The van der Waals surface area contributed by atoms with Gasteiger partial charge in [-0.3, -0.25) is 0 Å². The Labute approximate surface area is 436 Å². The van der Waals surface area contributed by atoms with Gasteiger partial charge < -0.3 is 28.6 Å². The van der Waals surface area contributed by atoms with Crippen LogP contribution in [0.25, 0.3) is 12.2 Å². The second-order valence-electron chi connectivity index (χ2n) is 19.7. The Balaban J connectivity index is 1.04. The van der Waals surface area contributed by atoms with Crippen LogP contribution in [0.2, 0.25) is 0 Å². The topological polar surface area (TPSA) is 129 Å². The third kappa shape index (κ3) is 16.4. The van der Waals surface area contributed by atoms with Crippen LogP contribution in [0.1, 0.15) is 188 Å². The molecule has 2 aliphatic rings. The highest BCUT2D eigenvalue weighted by atomic mass is 17.2. The SMILES string of the molecule is CCCCCCCCCCCCOc1ccc(/C=C(\C#N)COOc2cccc3c2C2(CC3)CCc3cccc(OC(=O)/C(C#N)=C/c4ccc(OCCCCCCCCCCCC)c(OC)c4)c32)cc1OC. The Hall–Kier alpha value is -6.23. The quantitative estimate of drug-likeness (QED) is 0.00848. The van der Waals surface area contributed by atoms with Crippen LogP contribution in [0, 0.1) is 22.7 Å². The van der Waals surface area contributed by atoms with Crippen molar-refractivity contribution in [3.05, 3.63) is 117 Å². The summed E-state index contributed by atoms with van der Waals surface area (Å²) in [7, 11) is 3.20. The molecule has 1 unspecified atom stereocenters. The number of nitrogens with zero attached hydrogens (tertiary/aromatic N) is 2. The van der Waals surface area contributed by atoms with Gasteiger partial charge in [0, 0.05) is 16.5 Å². The van der Waals surface area contributed by atoms with Crippen molar-refractivity contribution >= 4 is 18.1 Å².